The van der Waals surface area contributed by atoms with Crippen LogP contribution in [0.1, 0.15) is 46.2 Å². The molecule has 2 N–H and O–H groups in total. The molecule has 1 aliphatic heterocycles. The lowest BCUT2D eigenvalue weighted by Crippen LogP contribution is -2.45. The third kappa shape index (κ3) is 6.00. The Labute approximate surface area is 192 Å². The summed E-state index contributed by atoms with van der Waals surface area (Å²) < 4.78 is 7.36. The highest BCUT2D eigenvalue weighted by atomic mass is 35.5. The Hall–Kier alpha value is -3.07. The van der Waals surface area contributed by atoms with Crippen LogP contribution in [-0.2, 0) is 11.8 Å². The Morgan fingerprint density at radius 1 is 1.28 bits per heavy atom. The van der Waals surface area contributed by atoms with Crippen LogP contribution in [0.2, 0.25) is 5.02 Å². The zero-order valence-electron chi connectivity index (χ0n) is 18.5. The number of fused-ring (bicyclic) bond motifs is 1. The normalized spacial score (nSPS) is 18.5. The van der Waals surface area contributed by atoms with Crippen LogP contribution in [0.15, 0.2) is 24.4 Å². The van der Waals surface area contributed by atoms with E-state index in [1.54, 1.807) is 50.0 Å². The van der Waals surface area contributed by atoms with Crippen molar-refractivity contribution in [2.45, 2.75) is 32.7 Å². The highest BCUT2D eigenvalue weighted by Crippen LogP contribution is 2.23. The molecule has 0 bridgehead atoms. The Morgan fingerprint density at radius 3 is 2.78 bits per heavy atom. The van der Waals surface area contributed by atoms with Crippen molar-refractivity contribution in [3.05, 3.63) is 46.2 Å². The predicted octanol–water partition coefficient (Wildman–Crippen LogP) is 1.93. The van der Waals surface area contributed by atoms with Crippen LogP contribution in [0.25, 0.3) is 0 Å². The summed E-state index contributed by atoms with van der Waals surface area (Å²) in [6, 6.07) is 4.51. The monoisotopic (exact) mass is 461 g/mol. The van der Waals surface area contributed by atoms with Gasteiger partial charge in [-0.3, -0.25) is 19.1 Å². The Balaban J connectivity index is 1.77. The van der Waals surface area contributed by atoms with Gasteiger partial charge in [-0.05, 0) is 44.9 Å². The molecule has 172 valence electrons. The molecule has 3 amide bonds. The summed E-state index contributed by atoms with van der Waals surface area (Å²) in [7, 11) is 1.75. The van der Waals surface area contributed by atoms with Gasteiger partial charge in [-0.1, -0.05) is 11.6 Å². The van der Waals surface area contributed by atoms with Crippen LogP contribution >= 0.6 is 11.6 Å². The van der Waals surface area contributed by atoms with E-state index in [1.165, 1.54) is 4.90 Å². The van der Waals surface area contributed by atoms with E-state index in [1.807, 2.05) is 0 Å². The van der Waals surface area contributed by atoms with Crippen molar-refractivity contribution >= 4 is 29.3 Å². The van der Waals surface area contributed by atoms with E-state index in [0.29, 0.717) is 53.5 Å². The molecule has 10 heteroatoms. The van der Waals surface area contributed by atoms with Gasteiger partial charge in [0, 0.05) is 31.4 Å². The highest BCUT2D eigenvalue weighted by molar-refractivity contribution is 6.31. The van der Waals surface area contributed by atoms with E-state index in [2.05, 4.69) is 15.7 Å². The summed E-state index contributed by atoms with van der Waals surface area (Å²) >= 11 is 6.06. The average molecular weight is 462 g/mol. The van der Waals surface area contributed by atoms with E-state index in [9.17, 15) is 14.4 Å². The lowest BCUT2D eigenvalue weighted by Gasteiger charge is -2.23. The van der Waals surface area contributed by atoms with Crippen molar-refractivity contribution in [1.82, 2.24) is 25.3 Å². The fourth-order valence-corrected chi connectivity index (χ4v) is 3.68. The van der Waals surface area contributed by atoms with Crippen molar-refractivity contribution in [1.29, 1.82) is 0 Å². The van der Waals surface area contributed by atoms with Crippen LogP contribution in [0, 0.1) is 6.92 Å². The van der Waals surface area contributed by atoms with Crippen molar-refractivity contribution in [3.63, 3.8) is 0 Å². The predicted molar refractivity (Wildman–Crippen MR) is 120 cm³/mol. The largest absolute Gasteiger partial charge is 0.491 e. The molecular formula is C22H28ClN5O4. The number of aromatic nitrogens is 2. The summed E-state index contributed by atoms with van der Waals surface area (Å²) in [5.41, 5.74) is 1.42. The van der Waals surface area contributed by atoms with Gasteiger partial charge in [-0.25, -0.2) is 0 Å². The number of aryl methyl sites for hydroxylation is 2. The number of rotatable bonds is 1. The van der Waals surface area contributed by atoms with Gasteiger partial charge in [0.15, 0.2) is 0 Å². The molecule has 1 atom stereocenters. The van der Waals surface area contributed by atoms with Gasteiger partial charge in [0.1, 0.15) is 12.4 Å². The molecule has 0 fully saturated rings. The SMILES string of the molecule is Cc1nn(C)cc1C(=O)N1CCCCNC(=O)c2cc(Cl)ccc2OC[C@H](C)NC(=O)C1. The number of nitrogens with one attached hydrogen (secondary N) is 2. The molecule has 0 aliphatic carbocycles. The molecule has 2 heterocycles. The van der Waals surface area contributed by atoms with Gasteiger partial charge < -0.3 is 20.3 Å². The number of carbonyl (C=O) groups excluding carboxylic acids is 3. The molecule has 1 aromatic carbocycles. The molecule has 1 aromatic heterocycles. The lowest BCUT2D eigenvalue weighted by atomic mass is 10.1. The number of hydrogen-bond donors (Lipinski definition) is 2. The second-order valence-electron chi connectivity index (χ2n) is 7.91. The molecule has 0 saturated carbocycles. The van der Waals surface area contributed by atoms with Crippen molar-refractivity contribution < 1.29 is 19.1 Å². The fourth-order valence-electron chi connectivity index (χ4n) is 3.51. The topological polar surface area (TPSA) is 106 Å². The van der Waals surface area contributed by atoms with E-state index in [-0.39, 0.29) is 36.9 Å². The summed E-state index contributed by atoms with van der Waals surface area (Å²) in [5.74, 6) is -0.416. The third-order valence-corrected chi connectivity index (χ3v) is 5.32. The molecule has 0 saturated heterocycles. The van der Waals surface area contributed by atoms with Crippen LogP contribution in [0.3, 0.4) is 0 Å². The maximum absolute atomic E-state index is 13.1. The first kappa shape index (κ1) is 23.6. The van der Waals surface area contributed by atoms with E-state index < -0.39 is 0 Å². The van der Waals surface area contributed by atoms with Gasteiger partial charge in [-0.15, -0.1) is 0 Å². The minimum Gasteiger partial charge on any atom is -0.491 e. The minimum absolute atomic E-state index is 0.0734. The summed E-state index contributed by atoms with van der Waals surface area (Å²) in [6.07, 6.45) is 2.91. The number of benzene rings is 1. The van der Waals surface area contributed by atoms with Crippen LogP contribution < -0.4 is 15.4 Å². The Morgan fingerprint density at radius 2 is 2.06 bits per heavy atom. The number of hydrogen-bond acceptors (Lipinski definition) is 5. The lowest BCUT2D eigenvalue weighted by molar-refractivity contribution is -0.122. The number of nitrogens with zero attached hydrogens (tertiary/aromatic N) is 3. The van der Waals surface area contributed by atoms with Crippen molar-refractivity contribution in [2.24, 2.45) is 7.05 Å². The van der Waals surface area contributed by atoms with Crippen LogP contribution in [0.5, 0.6) is 5.75 Å². The first-order valence-electron chi connectivity index (χ1n) is 10.5. The molecule has 1 aliphatic rings. The zero-order chi connectivity index (χ0) is 23.3. The van der Waals surface area contributed by atoms with Crippen molar-refractivity contribution in [3.8, 4) is 5.75 Å². The van der Waals surface area contributed by atoms with E-state index in [4.69, 9.17) is 16.3 Å². The van der Waals surface area contributed by atoms with E-state index in [0.717, 1.165) is 0 Å². The molecule has 2 aromatic rings. The molecule has 32 heavy (non-hydrogen) atoms. The third-order valence-electron chi connectivity index (χ3n) is 5.09. The van der Waals surface area contributed by atoms with E-state index >= 15 is 0 Å². The van der Waals surface area contributed by atoms with Gasteiger partial charge in [0.2, 0.25) is 5.91 Å². The zero-order valence-corrected chi connectivity index (χ0v) is 19.2. The quantitative estimate of drug-likeness (QED) is 0.675. The van der Waals surface area contributed by atoms with Gasteiger partial charge in [0.25, 0.3) is 11.8 Å². The second-order valence-corrected chi connectivity index (χ2v) is 8.35. The molecular weight excluding hydrogens is 434 g/mol. The minimum atomic E-state index is -0.337. The smallest absolute Gasteiger partial charge is 0.257 e. The van der Waals surface area contributed by atoms with Crippen LogP contribution in [-0.4, -0.2) is 64.7 Å². The second kappa shape index (κ2) is 10.5. The first-order valence-corrected chi connectivity index (χ1v) is 10.9. The standard InChI is InChI=1S/C22H28ClN5O4/c1-14-13-32-19-7-6-16(23)10-17(19)21(30)24-8-4-5-9-28(12-20(29)25-14)22(31)18-11-27(3)26-15(18)2/h6-7,10-11,14H,4-5,8-9,12-13H2,1-3H3,(H,24,30)(H,25,29)/t14-/m0/s1. The molecule has 0 radical (unpaired) electrons. The van der Waals surface area contributed by atoms with Crippen LogP contribution in [0.4, 0.5) is 0 Å². The maximum Gasteiger partial charge on any atom is 0.257 e. The molecule has 9 nitrogen and oxygen atoms in total. The molecule has 0 unspecified atom stereocenters. The Bertz CT molecular complexity index is 1010. The van der Waals surface area contributed by atoms with Gasteiger partial charge >= 0.3 is 0 Å². The summed E-state index contributed by atoms with van der Waals surface area (Å²) in [4.78, 5) is 39.9. The number of carbonyl (C=O) groups is 3. The first-order chi connectivity index (χ1) is 15.2. The maximum atomic E-state index is 13.1. The number of ether oxygens (including phenoxy) is 1. The van der Waals surface area contributed by atoms with Gasteiger partial charge in [-0.2, -0.15) is 5.10 Å². The fraction of sp³-hybridized carbons (Fsp3) is 0.455. The highest BCUT2D eigenvalue weighted by Gasteiger charge is 2.23. The summed E-state index contributed by atoms with van der Waals surface area (Å²) in [5, 5.41) is 10.4. The van der Waals surface area contributed by atoms with Crippen molar-refractivity contribution in [2.75, 3.05) is 26.2 Å². The molecule has 0 spiro atoms. The van der Waals surface area contributed by atoms with Gasteiger partial charge in [0.05, 0.1) is 29.4 Å². The number of amides is 3. The summed E-state index contributed by atoms with van der Waals surface area (Å²) in [6.45, 7) is 4.44. The average Bonchev–Trinajstić information content (AvgIpc) is 3.08. The number of halogens is 1. The Kier molecular flexibility index (Phi) is 7.74. The molecule has 3 rings (SSSR count).